The lowest BCUT2D eigenvalue weighted by Crippen LogP contribution is -2.07. The number of aryl methyl sites for hydroxylation is 1. The van der Waals surface area contributed by atoms with Crippen molar-refractivity contribution < 1.29 is 4.42 Å². The Morgan fingerprint density at radius 1 is 1.46 bits per heavy atom. The van der Waals surface area contributed by atoms with Crippen LogP contribution < -0.4 is 5.69 Å². The Morgan fingerprint density at radius 2 is 2.31 bits per heavy atom. The Morgan fingerprint density at radius 3 is 2.85 bits per heavy atom. The van der Waals surface area contributed by atoms with Crippen LogP contribution in [0.15, 0.2) is 33.7 Å². The third-order valence-electron chi connectivity index (χ3n) is 1.70. The van der Waals surface area contributed by atoms with E-state index < -0.39 is 0 Å². The first kappa shape index (κ1) is 7.79. The number of H-pyrrole nitrogens is 1. The van der Waals surface area contributed by atoms with E-state index in [4.69, 9.17) is 4.42 Å². The molecule has 0 aliphatic heterocycles. The Bertz CT molecular complexity index is 450. The minimum atomic E-state index is -0.355. The highest BCUT2D eigenvalue weighted by atomic mass is 16.3. The lowest BCUT2D eigenvalue weighted by molar-refractivity contribution is 0.548. The van der Waals surface area contributed by atoms with E-state index in [-0.39, 0.29) is 5.69 Å². The fourth-order valence-electron chi connectivity index (χ4n) is 1.07. The number of nitrogens with one attached hydrogen (secondary N) is 1. The van der Waals surface area contributed by atoms with Crippen LogP contribution in [0.3, 0.4) is 0 Å². The predicted molar refractivity (Wildman–Crippen MR) is 47.3 cm³/mol. The van der Waals surface area contributed by atoms with E-state index in [1.54, 1.807) is 6.20 Å². The third kappa shape index (κ3) is 1.51. The highest BCUT2D eigenvalue weighted by Gasteiger charge is 2.01. The summed E-state index contributed by atoms with van der Waals surface area (Å²) in [6, 6.07) is 3.70. The molecular weight excluding hydrogens is 168 g/mol. The molecule has 66 valence electrons. The first-order chi connectivity index (χ1) is 6.25. The molecule has 0 aliphatic carbocycles. The molecule has 2 rings (SSSR count). The Balaban J connectivity index is 2.47. The summed E-state index contributed by atoms with van der Waals surface area (Å²) in [6.45, 7) is 1.86. The summed E-state index contributed by atoms with van der Waals surface area (Å²) in [5.41, 5.74) is 0.416. The number of rotatable bonds is 1. The quantitative estimate of drug-likeness (QED) is 0.713. The molecule has 0 aliphatic rings. The molecule has 0 unspecified atom stereocenters. The van der Waals surface area contributed by atoms with Gasteiger partial charge >= 0.3 is 5.69 Å². The van der Waals surface area contributed by atoms with Crippen LogP contribution in [0.2, 0.25) is 0 Å². The van der Waals surface area contributed by atoms with Crippen LogP contribution in [-0.4, -0.2) is 9.97 Å². The van der Waals surface area contributed by atoms with E-state index in [0.717, 1.165) is 11.3 Å². The molecule has 4 heteroatoms. The summed E-state index contributed by atoms with van der Waals surface area (Å²) < 4.78 is 5.35. The molecule has 0 fully saturated rings. The summed E-state index contributed by atoms with van der Waals surface area (Å²) in [5, 5.41) is 0. The summed E-state index contributed by atoms with van der Waals surface area (Å²) >= 11 is 0. The molecule has 2 aromatic rings. The van der Waals surface area contributed by atoms with Gasteiger partial charge in [-0.2, -0.15) is 0 Å². The van der Waals surface area contributed by atoms with Gasteiger partial charge in [-0.15, -0.1) is 0 Å². The van der Waals surface area contributed by atoms with Crippen LogP contribution in [0.5, 0.6) is 0 Å². The highest BCUT2D eigenvalue weighted by Crippen LogP contribution is 2.18. The number of aromatic amines is 1. The first-order valence-electron chi connectivity index (χ1n) is 3.87. The minimum Gasteiger partial charge on any atom is -0.461 e. The molecule has 2 heterocycles. The van der Waals surface area contributed by atoms with Gasteiger partial charge in [0.2, 0.25) is 0 Å². The molecule has 0 amide bonds. The zero-order valence-electron chi connectivity index (χ0n) is 7.07. The smallest absolute Gasteiger partial charge is 0.344 e. The van der Waals surface area contributed by atoms with E-state index in [9.17, 15) is 4.79 Å². The van der Waals surface area contributed by atoms with Crippen molar-refractivity contribution in [3.8, 4) is 11.3 Å². The third-order valence-corrected chi connectivity index (χ3v) is 1.70. The number of aromatic nitrogens is 2. The van der Waals surface area contributed by atoms with Crippen LogP contribution in [-0.2, 0) is 0 Å². The Labute approximate surface area is 74.2 Å². The number of hydrogen-bond donors (Lipinski definition) is 1. The van der Waals surface area contributed by atoms with Crippen LogP contribution in [0.25, 0.3) is 11.3 Å². The fraction of sp³-hybridized carbons (Fsp3) is 0.111. The Kier molecular flexibility index (Phi) is 1.73. The van der Waals surface area contributed by atoms with Gasteiger partial charge in [0.25, 0.3) is 0 Å². The molecule has 2 aromatic heterocycles. The van der Waals surface area contributed by atoms with Gasteiger partial charge in [-0.3, -0.25) is 0 Å². The van der Waals surface area contributed by atoms with E-state index in [1.165, 1.54) is 6.20 Å². The van der Waals surface area contributed by atoms with Gasteiger partial charge < -0.3 is 9.40 Å². The lowest BCUT2D eigenvalue weighted by atomic mass is 10.3. The normalized spacial score (nSPS) is 10.2. The molecule has 0 saturated carbocycles. The van der Waals surface area contributed by atoms with Crippen molar-refractivity contribution in [3.63, 3.8) is 0 Å². The molecule has 4 nitrogen and oxygen atoms in total. The molecule has 0 spiro atoms. The van der Waals surface area contributed by atoms with Crippen LogP contribution in [0.1, 0.15) is 5.76 Å². The van der Waals surface area contributed by atoms with Crippen LogP contribution >= 0.6 is 0 Å². The van der Waals surface area contributed by atoms with Crippen molar-refractivity contribution in [2.24, 2.45) is 0 Å². The number of furan rings is 1. The largest absolute Gasteiger partial charge is 0.461 e. The van der Waals surface area contributed by atoms with Gasteiger partial charge in [0.1, 0.15) is 11.5 Å². The van der Waals surface area contributed by atoms with E-state index in [0.29, 0.717) is 5.76 Å². The highest BCUT2D eigenvalue weighted by molar-refractivity contribution is 5.54. The maximum atomic E-state index is 10.7. The van der Waals surface area contributed by atoms with Gasteiger partial charge in [0.15, 0.2) is 0 Å². The second-order valence-corrected chi connectivity index (χ2v) is 2.72. The van der Waals surface area contributed by atoms with Crippen molar-refractivity contribution in [2.45, 2.75) is 6.92 Å². The van der Waals surface area contributed by atoms with Gasteiger partial charge in [-0.25, -0.2) is 9.78 Å². The molecule has 0 bridgehead atoms. The zero-order valence-corrected chi connectivity index (χ0v) is 7.07. The Hall–Kier alpha value is -1.84. The van der Waals surface area contributed by atoms with Gasteiger partial charge in [0.05, 0.1) is 5.56 Å². The fourth-order valence-corrected chi connectivity index (χ4v) is 1.07. The van der Waals surface area contributed by atoms with Gasteiger partial charge in [-0.05, 0) is 19.1 Å². The zero-order chi connectivity index (χ0) is 9.26. The van der Waals surface area contributed by atoms with Crippen LogP contribution in [0, 0.1) is 6.92 Å². The second kappa shape index (κ2) is 2.90. The molecular formula is C9H8N2O2. The average molecular weight is 176 g/mol. The molecule has 0 radical (unpaired) electrons. The maximum Gasteiger partial charge on any atom is 0.344 e. The molecule has 0 atom stereocenters. The maximum absolute atomic E-state index is 10.7. The molecule has 1 N–H and O–H groups in total. The number of nitrogens with zero attached hydrogens (tertiary/aromatic N) is 1. The summed E-state index contributed by atoms with van der Waals surface area (Å²) in [5.74, 6) is 1.54. The van der Waals surface area contributed by atoms with Gasteiger partial charge in [-0.1, -0.05) is 0 Å². The van der Waals surface area contributed by atoms with Crippen LogP contribution in [0.4, 0.5) is 0 Å². The van der Waals surface area contributed by atoms with Crippen molar-refractivity contribution in [3.05, 3.63) is 40.8 Å². The second-order valence-electron chi connectivity index (χ2n) is 2.72. The lowest BCUT2D eigenvalue weighted by Gasteiger charge is -1.93. The molecule has 0 saturated heterocycles. The van der Waals surface area contributed by atoms with E-state index >= 15 is 0 Å². The van der Waals surface area contributed by atoms with Crippen molar-refractivity contribution in [1.82, 2.24) is 9.97 Å². The summed E-state index contributed by atoms with van der Waals surface area (Å²) in [7, 11) is 0. The molecule has 13 heavy (non-hydrogen) atoms. The van der Waals surface area contributed by atoms with Crippen molar-refractivity contribution in [1.29, 1.82) is 0 Å². The molecule has 0 aromatic carbocycles. The topological polar surface area (TPSA) is 58.9 Å². The van der Waals surface area contributed by atoms with Gasteiger partial charge in [0, 0.05) is 12.4 Å². The van der Waals surface area contributed by atoms with Crippen molar-refractivity contribution in [2.75, 3.05) is 0 Å². The standard InChI is InChI=1S/C9H8N2O2/c1-6-2-3-8(13-6)7-4-10-9(12)11-5-7/h2-5H,1H3,(H,10,11,12). The minimum absolute atomic E-state index is 0.355. The first-order valence-corrected chi connectivity index (χ1v) is 3.87. The van der Waals surface area contributed by atoms with E-state index in [2.05, 4.69) is 9.97 Å². The average Bonchev–Trinajstić information content (AvgIpc) is 2.53. The summed E-state index contributed by atoms with van der Waals surface area (Å²) in [4.78, 5) is 16.7. The monoisotopic (exact) mass is 176 g/mol. The number of hydrogen-bond acceptors (Lipinski definition) is 3. The van der Waals surface area contributed by atoms with E-state index in [1.807, 2.05) is 19.1 Å². The SMILES string of the molecule is Cc1ccc(-c2cnc(=O)[nH]c2)o1. The van der Waals surface area contributed by atoms with Crippen molar-refractivity contribution >= 4 is 0 Å². The summed E-state index contributed by atoms with van der Waals surface area (Å²) in [6.07, 6.45) is 3.06. The predicted octanol–water partition coefficient (Wildman–Crippen LogP) is 1.34.